The molecule has 78 valence electrons. The van der Waals surface area contributed by atoms with E-state index in [1.165, 1.54) is 0 Å². The van der Waals surface area contributed by atoms with E-state index in [4.69, 9.17) is 4.74 Å². The van der Waals surface area contributed by atoms with Crippen LogP contribution in [0.3, 0.4) is 0 Å². The Balaban J connectivity index is 2.46. The molecule has 0 aliphatic carbocycles. The maximum Gasteiger partial charge on any atom is 0.167 e. The van der Waals surface area contributed by atoms with Gasteiger partial charge in [0.15, 0.2) is 11.6 Å². The number of benzene rings is 1. The summed E-state index contributed by atoms with van der Waals surface area (Å²) in [7, 11) is 0. The van der Waals surface area contributed by atoms with Crippen molar-refractivity contribution in [3.8, 4) is 5.75 Å². The van der Waals surface area contributed by atoms with Gasteiger partial charge in [-0.05, 0) is 25.1 Å². The molecule has 0 unspecified atom stereocenters. The molecule has 0 saturated carbocycles. The minimum atomic E-state index is -0.260. The van der Waals surface area contributed by atoms with E-state index in [1.54, 1.807) is 25.1 Å². The van der Waals surface area contributed by atoms with E-state index in [2.05, 4.69) is 5.32 Å². The highest BCUT2D eigenvalue weighted by Crippen LogP contribution is 2.19. The molecule has 1 N–H and O–H groups in total. The molecule has 1 aromatic carbocycles. The summed E-state index contributed by atoms with van der Waals surface area (Å²) in [5, 5.41) is 3.11. The van der Waals surface area contributed by atoms with E-state index in [0.717, 1.165) is 13.1 Å². The Morgan fingerprint density at radius 2 is 2.21 bits per heavy atom. The first-order valence-corrected chi connectivity index (χ1v) is 4.84. The Bertz CT molecular complexity index is 289. The lowest BCUT2D eigenvalue weighted by molar-refractivity contribution is 0.299. The molecule has 0 radical (unpaired) electrons. The molecule has 0 aliphatic heterocycles. The van der Waals surface area contributed by atoms with Crippen LogP contribution in [-0.4, -0.2) is 19.7 Å². The Hall–Kier alpha value is -1.09. The van der Waals surface area contributed by atoms with Gasteiger partial charge in [0.25, 0.3) is 0 Å². The van der Waals surface area contributed by atoms with Crippen molar-refractivity contribution in [3.05, 3.63) is 29.6 Å². The Labute approximate surface area is 84.1 Å². The van der Waals surface area contributed by atoms with E-state index >= 15 is 0 Å². The SMILES string of the molecule is CCNCCOc1cccc(C)c1F. The minimum Gasteiger partial charge on any atom is -0.489 e. The predicted octanol–water partition coefficient (Wildman–Crippen LogP) is 2.12. The van der Waals surface area contributed by atoms with Crippen LogP contribution < -0.4 is 10.1 Å². The van der Waals surface area contributed by atoms with Crippen molar-refractivity contribution in [1.29, 1.82) is 0 Å². The van der Waals surface area contributed by atoms with Crippen LogP contribution in [0.2, 0.25) is 0 Å². The van der Waals surface area contributed by atoms with Gasteiger partial charge in [-0.25, -0.2) is 4.39 Å². The third-order valence-corrected chi connectivity index (χ3v) is 1.94. The van der Waals surface area contributed by atoms with Crippen molar-refractivity contribution in [2.24, 2.45) is 0 Å². The average molecular weight is 197 g/mol. The summed E-state index contributed by atoms with van der Waals surface area (Å²) in [6.07, 6.45) is 0. The van der Waals surface area contributed by atoms with Crippen LogP contribution in [0.1, 0.15) is 12.5 Å². The van der Waals surface area contributed by atoms with Gasteiger partial charge in [-0.3, -0.25) is 0 Å². The third-order valence-electron chi connectivity index (χ3n) is 1.94. The summed E-state index contributed by atoms with van der Waals surface area (Å²) in [6.45, 7) is 5.89. The first-order valence-electron chi connectivity index (χ1n) is 4.84. The fourth-order valence-corrected chi connectivity index (χ4v) is 1.14. The van der Waals surface area contributed by atoms with Gasteiger partial charge in [-0.15, -0.1) is 0 Å². The van der Waals surface area contributed by atoms with E-state index in [0.29, 0.717) is 17.9 Å². The maximum atomic E-state index is 13.4. The van der Waals surface area contributed by atoms with Crippen molar-refractivity contribution in [1.82, 2.24) is 5.32 Å². The van der Waals surface area contributed by atoms with Crippen LogP contribution in [0.5, 0.6) is 5.75 Å². The lowest BCUT2D eigenvalue weighted by Gasteiger charge is -2.08. The maximum absolute atomic E-state index is 13.4. The molecule has 0 heterocycles. The summed E-state index contributed by atoms with van der Waals surface area (Å²) in [5.74, 6) is 0.0758. The van der Waals surface area contributed by atoms with Crippen molar-refractivity contribution < 1.29 is 9.13 Å². The normalized spacial score (nSPS) is 10.2. The summed E-state index contributed by atoms with van der Waals surface area (Å²) < 4.78 is 18.6. The van der Waals surface area contributed by atoms with Crippen molar-refractivity contribution >= 4 is 0 Å². The monoisotopic (exact) mass is 197 g/mol. The highest BCUT2D eigenvalue weighted by Gasteiger charge is 2.04. The molecule has 0 amide bonds. The molecule has 14 heavy (non-hydrogen) atoms. The summed E-state index contributed by atoms with van der Waals surface area (Å²) in [5.41, 5.74) is 0.617. The van der Waals surface area contributed by atoms with Gasteiger partial charge >= 0.3 is 0 Å². The Morgan fingerprint density at radius 1 is 1.43 bits per heavy atom. The Morgan fingerprint density at radius 3 is 2.93 bits per heavy atom. The smallest absolute Gasteiger partial charge is 0.167 e. The summed E-state index contributed by atoms with van der Waals surface area (Å²) in [4.78, 5) is 0. The summed E-state index contributed by atoms with van der Waals surface area (Å²) in [6, 6.07) is 5.17. The fourth-order valence-electron chi connectivity index (χ4n) is 1.14. The van der Waals surface area contributed by atoms with Crippen LogP contribution in [0.15, 0.2) is 18.2 Å². The lowest BCUT2D eigenvalue weighted by atomic mass is 10.2. The van der Waals surface area contributed by atoms with Crippen molar-refractivity contribution in [2.75, 3.05) is 19.7 Å². The topological polar surface area (TPSA) is 21.3 Å². The van der Waals surface area contributed by atoms with E-state index in [1.807, 2.05) is 6.92 Å². The van der Waals surface area contributed by atoms with Gasteiger partial charge in [-0.1, -0.05) is 19.1 Å². The molecule has 3 heteroatoms. The molecule has 1 aromatic rings. The lowest BCUT2D eigenvalue weighted by Crippen LogP contribution is -2.20. The fraction of sp³-hybridized carbons (Fsp3) is 0.455. The molecule has 0 aliphatic rings. The van der Waals surface area contributed by atoms with Crippen LogP contribution >= 0.6 is 0 Å². The number of halogens is 1. The molecule has 0 aromatic heterocycles. The van der Waals surface area contributed by atoms with Crippen LogP contribution in [0, 0.1) is 12.7 Å². The molecule has 0 saturated heterocycles. The zero-order valence-electron chi connectivity index (χ0n) is 8.64. The van der Waals surface area contributed by atoms with Gasteiger partial charge in [0, 0.05) is 6.54 Å². The van der Waals surface area contributed by atoms with E-state index in [-0.39, 0.29) is 5.82 Å². The minimum absolute atomic E-state index is 0.260. The third kappa shape index (κ3) is 3.00. The highest BCUT2D eigenvalue weighted by molar-refractivity contribution is 5.29. The molecule has 0 fully saturated rings. The van der Waals surface area contributed by atoms with E-state index < -0.39 is 0 Å². The number of aryl methyl sites for hydroxylation is 1. The van der Waals surface area contributed by atoms with Crippen LogP contribution in [-0.2, 0) is 0 Å². The second-order valence-electron chi connectivity index (χ2n) is 3.09. The second-order valence-corrected chi connectivity index (χ2v) is 3.09. The Kier molecular flexibility index (Phi) is 4.40. The number of nitrogens with one attached hydrogen (secondary N) is 1. The van der Waals surface area contributed by atoms with E-state index in [9.17, 15) is 4.39 Å². The highest BCUT2D eigenvalue weighted by atomic mass is 19.1. The van der Waals surface area contributed by atoms with Crippen LogP contribution in [0.4, 0.5) is 4.39 Å². The number of likely N-dealkylation sites (N-methyl/N-ethyl adjacent to an activating group) is 1. The predicted molar refractivity (Wildman–Crippen MR) is 55.2 cm³/mol. The number of rotatable bonds is 5. The quantitative estimate of drug-likeness (QED) is 0.730. The summed E-state index contributed by atoms with van der Waals surface area (Å²) >= 11 is 0. The van der Waals surface area contributed by atoms with Crippen molar-refractivity contribution in [3.63, 3.8) is 0 Å². The largest absolute Gasteiger partial charge is 0.489 e. The van der Waals surface area contributed by atoms with Crippen molar-refractivity contribution in [2.45, 2.75) is 13.8 Å². The number of ether oxygens (including phenoxy) is 1. The van der Waals surface area contributed by atoms with Gasteiger partial charge in [-0.2, -0.15) is 0 Å². The molecule has 1 rings (SSSR count). The zero-order valence-corrected chi connectivity index (χ0v) is 8.64. The molecular weight excluding hydrogens is 181 g/mol. The molecule has 0 spiro atoms. The van der Waals surface area contributed by atoms with Crippen LogP contribution in [0.25, 0.3) is 0 Å². The van der Waals surface area contributed by atoms with Gasteiger partial charge < -0.3 is 10.1 Å². The average Bonchev–Trinajstić information content (AvgIpc) is 2.19. The molecule has 0 bridgehead atoms. The molecule has 0 atom stereocenters. The second kappa shape index (κ2) is 5.60. The van der Waals surface area contributed by atoms with Gasteiger partial charge in [0.1, 0.15) is 6.61 Å². The molecular formula is C11H16FNO. The number of hydrogen-bond acceptors (Lipinski definition) is 2. The van der Waals surface area contributed by atoms with Gasteiger partial charge in [0.2, 0.25) is 0 Å². The first-order chi connectivity index (χ1) is 6.75. The first kappa shape index (κ1) is 11.0. The van der Waals surface area contributed by atoms with Gasteiger partial charge in [0.05, 0.1) is 0 Å². The standard InChI is InChI=1S/C11H16FNO/c1-3-13-7-8-14-10-6-4-5-9(2)11(10)12/h4-6,13H,3,7-8H2,1-2H3. The zero-order chi connectivity index (χ0) is 10.4. The number of hydrogen-bond donors (Lipinski definition) is 1. The molecule has 2 nitrogen and oxygen atoms in total.